The molecule has 0 saturated heterocycles. The van der Waals surface area contributed by atoms with E-state index >= 15 is 0 Å². The van der Waals surface area contributed by atoms with Crippen molar-refractivity contribution in [2.45, 2.75) is 44.6 Å². The van der Waals surface area contributed by atoms with E-state index in [2.05, 4.69) is 26.0 Å². The van der Waals surface area contributed by atoms with Gasteiger partial charge in [0.1, 0.15) is 0 Å². The van der Waals surface area contributed by atoms with E-state index in [9.17, 15) is 9.59 Å². The lowest BCUT2D eigenvalue weighted by atomic mass is 9.95. The van der Waals surface area contributed by atoms with Crippen molar-refractivity contribution in [3.63, 3.8) is 0 Å². The summed E-state index contributed by atoms with van der Waals surface area (Å²) < 4.78 is 0. The number of hydrogen-bond acceptors (Lipinski definition) is 5. The van der Waals surface area contributed by atoms with E-state index in [1.165, 1.54) is 24.1 Å². The SMILES string of the molecule is Cn1nnc(-c2ccc(C(=O)NCCC(=O)NC3CCCCC3)cc2)n1. The topological polar surface area (TPSA) is 102 Å². The second-order valence-corrected chi connectivity index (χ2v) is 6.59. The first-order chi connectivity index (χ1) is 12.6. The van der Waals surface area contributed by atoms with Crippen LogP contribution in [0.2, 0.25) is 0 Å². The van der Waals surface area contributed by atoms with Crippen molar-refractivity contribution >= 4 is 11.8 Å². The predicted octanol–water partition coefficient (Wildman–Crippen LogP) is 1.45. The van der Waals surface area contributed by atoms with Crippen LogP contribution in [0.4, 0.5) is 0 Å². The average molecular weight is 356 g/mol. The monoisotopic (exact) mass is 356 g/mol. The first-order valence-electron chi connectivity index (χ1n) is 9.04. The Morgan fingerprint density at radius 1 is 1.15 bits per heavy atom. The Labute approximate surface area is 152 Å². The van der Waals surface area contributed by atoms with Crippen LogP contribution >= 0.6 is 0 Å². The van der Waals surface area contributed by atoms with Crippen LogP contribution in [0.3, 0.4) is 0 Å². The molecule has 1 fully saturated rings. The van der Waals surface area contributed by atoms with Crippen molar-refractivity contribution in [2.24, 2.45) is 7.05 Å². The molecular weight excluding hydrogens is 332 g/mol. The van der Waals surface area contributed by atoms with Crippen LogP contribution in [0.25, 0.3) is 11.4 Å². The van der Waals surface area contributed by atoms with Gasteiger partial charge in [-0.2, -0.15) is 4.80 Å². The maximum Gasteiger partial charge on any atom is 0.251 e. The third-order valence-corrected chi connectivity index (χ3v) is 4.52. The molecule has 1 aliphatic rings. The minimum absolute atomic E-state index is 0.00118. The third kappa shape index (κ3) is 4.87. The van der Waals surface area contributed by atoms with E-state index in [-0.39, 0.29) is 11.8 Å². The van der Waals surface area contributed by atoms with Gasteiger partial charge in [-0.3, -0.25) is 9.59 Å². The molecule has 26 heavy (non-hydrogen) atoms. The normalized spacial score (nSPS) is 14.8. The maximum absolute atomic E-state index is 12.2. The van der Waals surface area contributed by atoms with Gasteiger partial charge in [0.2, 0.25) is 11.7 Å². The molecule has 0 aliphatic heterocycles. The van der Waals surface area contributed by atoms with Gasteiger partial charge < -0.3 is 10.6 Å². The van der Waals surface area contributed by atoms with Crippen molar-refractivity contribution in [1.82, 2.24) is 30.8 Å². The Morgan fingerprint density at radius 2 is 1.88 bits per heavy atom. The minimum atomic E-state index is -0.200. The van der Waals surface area contributed by atoms with Gasteiger partial charge in [-0.15, -0.1) is 10.2 Å². The average Bonchev–Trinajstić information content (AvgIpc) is 3.09. The third-order valence-electron chi connectivity index (χ3n) is 4.52. The number of nitrogens with one attached hydrogen (secondary N) is 2. The summed E-state index contributed by atoms with van der Waals surface area (Å²) >= 11 is 0. The zero-order valence-electron chi connectivity index (χ0n) is 14.9. The Morgan fingerprint density at radius 3 is 2.54 bits per heavy atom. The van der Waals surface area contributed by atoms with E-state index in [4.69, 9.17) is 0 Å². The minimum Gasteiger partial charge on any atom is -0.353 e. The summed E-state index contributed by atoms with van der Waals surface area (Å²) in [5, 5.41) is 17.7. The number of tetrazole rings is 1. The molecule has 3 rings (SSSR count). The van der Waals surface area contributed by atoms with Gasteiger partial charge in [-0.1, -0.05) is 31.4 Å². The highest BCUT2D eigenvalue weighted by Gasteiger charge is 2.15. The Hall–Kier alpha value is -2.77. The van der Waals surface area contributed by atoms with Crippen LogP contribution in [0.15, 0.2) is 24.3 Å². The number of hydrogen-bond donors (Lipinski definition) is 2. The fraction of sp³-hybridized carbons (Fsp3) is 0.500. The molecule has 1 saturated carbocycles. The molecule has 0 unspecified atom stereocenters. The quantitative estimate of drug-likeness (QED) is 0.815. The second-order valence-electron chi connectivity index (χ2n) is 6.59. The lowest BCUT2D eigenvalue weighted by Gasteiger charge is -2.22. The standard InChI is InChI=1S/C18H24N6O2/c1-24-22-17(21-23-24)13-7-9-14(10-8-13)18(26)19-12-11-16(25)20-15-5-3-2-4-6-15/h7-10,15H,2-6,11-12H2,1H3,(H,19,26)(H,20,25). The van der Waals surface area contributed by atoms with E-state index in [1.807, 2.05) is 0 Å². The second kappa shape index (κ2) is 8.55. The van der Waals surface area contributed by atoms with Crippen molar-refractivity contribution in [1.29, 1.82) is 0 Å². The lowest BCUT2D eigenvalue weighted by Crippen LogP contribution is -2.38. The molecule has 1 aromatic carbocycles. The maximum atomic E-state index is 12.2. The van der Waals surface area contributed by atoms with E-state index in [0.29, 0.717) is 30.4 Å². The van der Waals surface area contributed by atoms with Gasteiger partial charge in [0.15, 0.2) is 0 Å². The molecule has 8 nitrogen and oxygen atoms in total. The fourth-order valence-electron chi connectivity index (χ4n) is 3.11. The molecule has 138 valence electrons. The van der Waals surface area contributed by atoms with Crippen molar-refractivity contribution in [2.75, 3.05) is 6.54 Å². The highest BCUT2D eigenvalue weighted by atomic mass is 16.2. The van der Waals surface area contributed by atoms with Crippen LogP contribution in [0.1, 0.15) is 48.9 Å². The van der Waals surface area contributed by atoms with Crippen LogP contribution in [0, 0.1) is 0 Å². The Kier molecular flexibility index (Phi) is 5.93. The van der Waals surface area contributed by atoms with Crippen LogP contribution in [-0.2, 0) is 11.8 Å². The smallest absolute Gasteiger partial charge is 0.251 e. The number of carbonyl (C=O) groups is 2. The summed E-state index contributed by atoms with van der Waals surface area (Å²) in [6.45, 7) is 0.324. The van der Waals surface area contributed by atoms with Crippen molar-refractivity contribution < 1.29 is 9.59 Å². The molecular formula is C18H24N6O2. The van der Waals surface area contributed by atoms with Gasteiger partial charge in [-0.05, 0) is 30.2 Å². The first kappa shape index (κ1) is 18.0. The number of aromatic nitrogens is 4. The van der Waals surface area contributed by atoms with Crippen LogP contribution in [-0.4, -0.2) is 44.6 Å². The molecule has 0 spiro atoms. The molecule has 1 aromatic heterocycles. The number of carbonyl (C=O) groups excluding carboxylic acids is 2. The number of benzene rings is 1. The first-order valence-corrected chi connectivity index (χ1v) is 9.04. The predicted molar refractivity (Wildman–Crippen MR) is 96.2 cm³/mol. The van der Waals surface area contributed by atoms with Gasteiger partial charge in [0, 0.05) is 30.1 Å². The Bertz CT molecular complexity index is 749. The summed E-state index contributed by atoms with van der Waals surface area (Å²) in [7, 11) is 1.70. The summed E-state index contributed by atoms with van der Waals surface area (Å²) in [6.07, 6.45) is 6.04. The van der Waals surface area contributed by atoms with E-state index in [0.717, 1.165) is 18.4 Å². The molecule has 2 aromatic rings. The van der Waals surface area contributed by atoms with Crippen molar-refractivity contribution in [3.8, 4) is 11.4 Å². The summed E-state index contributed by atoms with van der Waals surface area (Å²) in [5.41, 5.74) is 1.33. The zero-order chi connectivity index (χ0) is 18.4. The van der Waals surface area contributed by atoms with Gasteiger partial charge in [0.05, 0.1) is 7.05 Å². The Balaban J connectivity index is 1.43. The van der Waals surface area contributed by atoms with Gasteiger partial charge in [0.25, 0.3) is 5.91 Å². The molecule has 2 N–H and O–H groups in total. The van der Waals surface area contributed by atoms with Crippen molar-refractivity contribution in [3.05, 3.63) is 29.8 Å². The lowest BCUT2D eigenvalue weighted by molar-refractivity contribution is -0.121. The van der Waals surface area contributed by atoms with E-state index < -0.39 is 0 Å². The number of rotatable bonds is 6. The summed E-state index contributed by atoms with van der Waals surface area (Å²) in [4.78, 5) is 25.5. The number of aryl methyl sites for hydroxylation is 1. The molecule has 1 heterocycles. The van der Waals surface area contributed by atoms with Crippen LogP contribution in [0.5, 0.6) is 0 Å². The molecule has 1 aliphatic carbocycles. The molecule has 2 amide bonds. The van der Waals surface area contributed by atoms with Crippen LogP contribution < -0.4 is 10.6 Å². The summed E-state index contributed by atoms with van der Waals surface area (Å²) in [6, 6.07) is 7.28. The molecule has 0 radical (unpaired) electrons. The summed E-state index contributed by atoms with van der Waals surface area (Å²) in [5.74, 6) is 0.314. The number of amides is 2. The molecule has 0 bridgehead atoms. The zero-order valence-corrected chi connectivity index (χ0v) is 14.9. The largest absolute Gasteiger partial charge is 0.353 e. The van der Waals surface area contributed by atoms with E-state index in [1.54, 1.807) is 31.3 Å². The van der Waals surface area contributed by atoms with Gasteiger partial charge >= 0.3 is 0 Å². The highest BCUT2D eigenvalue weighted by Crippen LogP contribution is 2.17. The fourth-order valence-corrected chi connectivity index (χ4v) is 3.11. The number of nitrogens with zero attached hydrogens (tertiary/aromatic N) is 4. The highest BCUT2D eigenvalue weighted by molar-refractivity contribution is 5.94. The molecule has 0 atom stereocenters. The van der Waals surface area contributed by atoms with Gasteiger partial charge in [-0.25, -0.2) is 0 Å². The molecule has 8 heteroatoms.